The minimum atomic E-state index is -1.50. The highest BCUT2D eigenvalue weighted by Gasteiger charge is 2.18. The predicted octanol–water partition coefficient (Wildman–Crippen LogP) is 1.58. The van der Waals surface area contributed by atoms with Gasteiger partial charge < -0.3 is 41.9 Å². The van der Waals surface area contributed by atoms with Crippen LogP contribution in [-0.4, -0.2) is 86.6 Å². The highest BCUT2D eigenvalue weighted by Crippen LogP contribution is 2.42. The van der Waals surface area contributed by atoms with Crippen molar-refractivity contribution in [1.82, 2.24) is 29.7 Å². The number of aliphatic hydroxyl groups is 2. The Bertz CT molecular complexity index is 1290. The Kier molecular flexibility index (Phi) is 19.5. The Labute approximate surface area is 270 Å². The molecule has 0 aliphatic carbocycles. The number of hydrogen-bond donors (Lipinski definition) is 6. The second kappa shape index (κ2) is 21.8. The van der Waals surface area contributed by atoms with Crippen molar-refractivity contribution in [3.8, 4) is 0 Å². The fourth-order valence-electron chi connectivity index (χ4n) is 3.30. The van der Waals surface area contributed by atoms with Gasteiger partial charge in [-0.25, -0.2) is 19.9 Å². The molecule has 2 aromatic heterocycles. The molecule has 8 N–H and O–H groups in total. The maximum absolute atomic E-state index is 12.0. The lowest BCUT2D eigenvalue weighted by atomic mass is 10.2. The fraction of sp³-hybridized carbons (Fsp3) is 0.417. The highest BCUT2D eigenvalue weighted by molar-refractivity contribution is 8.79. The molecule has 0 fully saturated rings. The largest absolute Gasteiger partial charge is 0.396 e. The Morgan fingerprint density at radius 3 is 1.35 bits per heavy atom. The van der Waals surface area contributed by atoms with Gasteiger partial charge in [0.2, 0.25) is 12.8 Å². The average Bonchev–Trinajstić information content (AvgIpc) is 2.96. The zero-order chi connectivity index (χ0) is 35.4. The first-order chi connectivity index (χ1) is 21.6. The standard InChI is InChI=1S/C24H34N8O4S2.2HNO3/c1-15(31(13-35)11-19-9-27-17(3)29-23(19)25)21(5-7-33)37-38-22(6-8-34)16(2)32(14-36)12-20-10-28-18(4)30-24(20)26;2*2-1(3)4/h9-10,13-14,33-34H,5-8,11-12H2,1-4H3,(H2,25,27,29)(H2,26,28,30);2*(H,2,3,4)/b21-15-,22-16-;;. The zero-order valence-electron chi connectivity index (χ0n) is 25.3. The zero-order valence-corrected chi connectivity index (χ0v) is 27.0. The molecule has 0 unspecified atom stereocenters. The molecule has 2 amide bonds. The number of anilines is 2. The summed E-state index contributed by atoms with van der Waals surface area (Å²) in [7, 11) is 2.69. The molecular weight excluding hydrogens is 652 g/mol. The number of nitrogen functional groups attached to an aromatic ring is 2. The number of carbonyl (C=O) groups is 2. The van der Waals surface area contributed by atoms with Crippen LogP contribution in [0.15, 0.2) is 33.6 Å². The van der Waals surface area contributed by atoms with Gasteiger partial charge in [0.15, 0.2) is 0 Å². The minimum Gasteiger partial charge on any atom is -0.396 e. The van der Waals surface area contributed by atoms with E-state index in [1.807, 2.05) is 0 Å². The van der Waals surface area contributed by atoms with Gasteiger partial charge in [-0.3, -0.25) is 9.59 Å². The first-order valence-corrected chi connectivity index (χ1v) is 15.0. The molecule has 2 aromatic rings. The van der Waals surface area contributed by atoms with Gasteiger partial charge in [0.1, 0.15) is 23.3 Å². The number of aromatic nitrogens is 4. The third-order valence-electron chi connectivity index (χ3n) is 5.56. The molecule has 254 valence electrons. The summed E-state index contributed by atoms with van der Waals surface area (Å²) >= 11 is 0. The lowest BCUT2D eigenvalue weighted by Crippen LogP contribution is -2.22. The van der Waals surface area contributed by atoms with Crippen molar-refractivity contribution in [3.05, 3.63) is 76.6 Å². The van der Waals surface area contributed by atoms with Crippen molar-refractivity contribution in [2.45, 2.75) is 53.6 Å². The lowest BCUT2D eigenvalue weighted by Gasteiger charge is -2.24. The number of nitrogens with zero attached hydrogens (tertiary/aromatic N) is 8. The average molecular weight is 689 g/mol. The summed E-state index contributed by atoms with van der Waals surface area (Å²) in [5.74, 6) is 1.65. The minimum absolute atomic E-state index is 0.131. The predicted molar refractivity (Wildman–Crippen MR) is 167 cm³/mol. The molecule has 0 aliphatic rings. The van der Waals surface area contributed by atoms with Gasteiger partial charge in [-0.05, 0) is 27.7 Å². The topological polar surface area (TPSA) is 311 Å². The van der Waals surface area contributed by atoms with Crippen LogP contribution < -0.4 is 11.5 Å². The SMILES string of the molecule is C/C(=C(\CCO)SS/C(CCO)=C(/C)N(C=O)Cc1cnc(C)nc1N)N(C=O)Cc1cnc(C)nc1N.O=[N+]([O-])O.O=[N+]([O-])O. The number of nitrogens with two attached hydrogens (primary N) is 2. The van der Waals surface area contributed by atoms with Crippen LogP contribution in [0.2, 0.25) is 0 Å². The Morgan fingerprint density at radius 1 is 0.804 bits per heavy atom. The van der Waals surface area contributed by atoms with Crippen molar-refractivity contribution in [1.29, 1.82) is 0 Å². The molecular formula is C24H36N10O10S2. The van der Waals surface area contributed by atoms with Crippen molar-refractivity contribution >= 4 is 46.0 Å². The maximum Gasteiger partial charge on any atom is 0.291 e. The van der Waals surface area contributed by atoms with Crippen LogP contribution in [0.5, 0.6) is 0 Å². The molecule has 22 heteroatoms. The van der Waals surface area contributed by atoms with Crippen LogP contribution in [-0.2, 0) is 22.7 Å². The van der Waals surface area contributed by atoms with Gasteiger partial charge >= 0.3 is 0 Å². The second-order valence-corrected chi connectivity index (χ2v) is 11.0. The molecule has 0 saturated carbocycles. The van der Waals surface area contributed by atoms with Crippen molar-refractivity contribution in [3.63, 3.8) is 0 Å². The van der Waals surface area contributed by atoms with Crippen LogP contribution >= 0.6 is 21.6 Å². The molecule has 0 atom stereocenters. The lowest BCUT2D eigenvalue weighted by molar-refractivity contribution is -0.742. The van der Waals surface area contributed by atoms with Gasteiger partial charge in [0.25, 0.3) is 10.2 Å². The summed E-state index contributed by atoms with van der Waals surface area (Å²) in [6.07, 6.45) is 5.15. The molecule has 0 aromatic carbocycles. The van der Waals surface area contributed by atoms with Gasteiger partial charge in [0.05, 0.1) is 13.1 Å². The Hall–Kier alpha value is -4.80. The third-order valence-corrected chi connectivity index (χ3v) is 8.50. The molecule has 0 spiro atoms. The summed E-state index contributed by atoms with van der Waals surface area (Å²) in [5, 5.41) is 46.6. The number of aliphatic hydroxyl groups excluding tert-OH is 2. The summed E-state index contributed by atoms with van der Waals surface area (Å²) in [4.78, 5) is 61.7. The van der Waals surface area contributed by atoms with Gasteiger partial charge in [-0.15, -0.1) is 20.2 Å². The van der Waals surface area contributed by atoms with Gasteiger partial charge in [-0.2, -0.15) is 0 Å². The number of carbonyl (C=O) groups excluding carboxylic acids is 2. The van der Waals surface area contributed by atoms with Crippen molar-refractivity contribution in [2.24, 2.45) is 0 Å². The van der Waals surface area contributed by atoms with E-state index in [2.05, 4.69) is 19.9 Å². The third kappa shape index (κ3) is 15.8. The van der Waals surface area contributed by atoms with E-state index in [4.69, 9.17) is 42.1 Å². The monoisotopic (exact) mass is 688 g/mol. The Balaban J connectivity index is 0.00000226. The number of rotatable bonds is 15. The van der Waals surface area contributed by atoms with Crippen LogP contribution in [0.25, 0.3) is 0 Å². The van der Waals surface area contributed by atoms with E-state index < -0.39 is 10.2 Å². The van der Waals surface area contributed by atoms with Gasteiger partial charge in [0, 0.05) is 70.8 Å². The van der Waals surface area contributed by atoms with Crippen LogP contribution in [0.4, 0.5) is 11.6 Å². The maximum atomic E-state index is 12.0. The van der Waals surface area contributed by atoms with Crippen LogP contribution in [0, 0.1) is 34.1 Å². The number of allylic oxidation sites excluding steroid dienone is 2. The quantitative estimate of drug-likeness (QED) is 0.0669. The van der Waals surface area contributed by atoms with E-state index in [9.17, 15) is 19.8 Å². The van der Waals surface area contributed by atoms with Crippen LogP contribution in [0.1, 0.15) is 49.5 Å². The first kappa shape index (κ1) is 41.2. The van der Waals surface area contributed by atoms with Gasteiger partial charge in [-0.1, -0.05) is 21.6 Å². The molecule has 0 saturated heterocycles. The second-order valence-electron chi connectivity index (χ2n) is 8.73. The molecule has 2 rings (SSSR count). The van der Waals surface area contributed by atoms with E-state index in [1.54, 1.807) is 40.1 Å². The van der Waals surface area contributed by atoms with E-state index in [1.165, 1.54) is 31.4 Å². The van der Waals surface area contributed by atoms with E-state index in [-0.39, 0.29) is 26.3 Å². The first-order valence-electron chi connectivity index (χ1n) is 12.8. The molecule has 0 radical (unpaired) electrons. The number of hydrogen-bond acceptors (Lipinski definition) is 16. The van der Waals surface area contributed by atoms with Crippen LogP contribution in [0.3, 0.4) is 0 Å². The van der Waals surface area contributed by atoms with Crippen molar-refractivity contribution in [2.75, 3.05) is 24.7 Å². The summed E-state index contributed by atoms with van der Waals surface area (Å²) in [6, 6.07) is 0. The summed E-state index contributed by atoms with van der Waals surface area (Å²) in [5.41, 5.74) is 14.5. The smallest absolute Gasteiger partial charge is 0.291 e. The van der Waals surface area contributed by atoms with E-state index in [0.29, 0.717) is 71.5 Å². The van der Waals surface area contributed by atoms with Crippen molar-refractivity contribution < 1.29 is 40.4 Å². The number of aryl methyl sites for hydroxylation is 2. The number of amides is 2. The normalized spacial score (nSPS) is 11.3. The summed E-state index contributed by atoms with van der Waals surface area (Å²) < 4.78 is 0. The van der Waals surface area contributed by atoms with E-state index in [0.717, 1.165) is 9.81 Å². The molecule has 46 heavy (non-hydrogen) atoms. The summed E-state index contributed by atoms with van der Waals surface area (Å²) in [6.45, 7) is 7.08. The highest BCUT2D eigenvalue weighted by atomic mass is 33.1. The Morgan fingerprint density at radius 2 is 1.11 bits per heavy atom. The molecule has 2 heterocycles. The molecule has 0 bridgehead atoms. The molecule has 20 nitrogen and oxygen atoms in total. The molecule has 0 aliphatic heterocycles. The fourth-order valence-corrected chi connectivity index (χ4v) is 6.15. The van der Waals surface area contributed by atoms with E-state index >= 15 is 0 Å².